The Morgan fingerprint density at radius 2 is 1.22 bits per heavy atom. The summed E-state index contributed by atoms with van der Waals surface area (Å²) in [7, 11) is 0. The summed E-state index contributed by atoms with van der Waals surface area (Å²) in [6.45, 7) is 3.70. The Morgan fingerprint density at radius 3 is 1.71 bits per heavy atom. The summed E-state index contributed by atoms with van der Waals surface area (Å²) in [5.74, 6) is -3.40. The molecule has 0 fully saturated rings. The number of hydrogen-bond donors (Lipinski definition) is 8. The van der Waals surface area contributed by atoms with E-state index in [2.05, 4.69) is 16.0 Å². The van der Waals surface area contributed by atoms with Crippen molar-refractivity contribution in [2.45, 2.75) is 70.1 Å². The molecule has 0 aromatic heterocycles. The lowest BCUT2D eigenvalue weighted by molar-refractivity contribution is -0.143. The predicted molar refractivity (Wildman–Crippen MR) is 153 cm³/mol. The zero-order chi connectivity index (χ0) is 30.5. The van der Waals surface area contributed by atoms with Crippen molar-refractivity contribution in [2.24, 2.45) is 17.4 Å². The second-order valence-electron chi connectivity index (χ2n) is 10.3. The molecule has 0 aliphatic rings. The third-order valence-electron chi connectivity index (χ3n) is 6.55. The van der Waals surface area contributed by atoms with Crippen molar-refractivity contribution in [2.75, 3.05) is 6.54 Å². The fourth-order valence-electron chi connectivity index (χ4n) is 4.14. The number of hydrogen-bond acceptors (Lipinski definition) is 8. The van der Waals surface area contributed by atoms with Crippen LogP contribution in [0.3, 0.4) is 0 Å². The number of carboxylic acids is 1. The Balaban J connectivity index is 2.24. The summed E-state index contributed by atoms with van der Waals surface area (Å²) in [6.07, 6.45) is 1.48. The van der Waals surface area contributed by atoms with E-state index in [-0.39, 0.29) is 30.8 Å². The molecule has 0 saturated heterocycles. The average molecular weight is 572 g/mol. The van der Waals surface area contributed by atoms with Crippen molar-refractivity contribution in [1.29, 1.82) is 0 Å². The van der Waals surface area contributed by atoms with E-state index in [1.165, 1.54) is 24.3 Å². The zero-order valence-corrected chi connectivity index (χ0v) is 23.4. The van der Waals surface area contributed by atoms with Gasteiger partial charge in [0.2, 0.25) is 17.7 Å². The molecule has 0 heterocycles. The highest BCUT2D eigenvalue weighted by Gasteiger charge is 2.31. The van der Waals surface area contributed by atoms with E-state index in [0.717, 1.165) is 0 Å². The maximum absolute atomic E-state index is 13.5. The fourth-order valence-corrected chi connectivity index (χ4v) is 4.14. The van der Waals surface area contributed by atoms with Gasteiger partial charge in [0.25, 0.3) is 0 Å². The molecule has 2 aromatic rings. The molecule has 10 N–H and O–H groups in total. The lowest BCUT2D eigenvalue weighted by atomic mass is 10.0. The van der Waals surface area contributed by atoms with Gasteiger partial charge in [0.05, 0.1) is 6.04 Å². The second kappa shape index (κ2) is 16.2. The molecule has 4 unspecified atom stereocenters. The third kappa shape index (κ3) is 11.1. The van der Waals surface area contributed by atoms with Crippen LogP contribution in [0, 0.1) is 5.92 Å². The van der Waals surface area contributed by atoms with Gasteiger partial charge in [-0.3, -0.25) is 14.4 Å². The van der Waals surface area contributed by atoms with E-state index in [9.17, 15) is 34.5 Å². The highest BCUT2D eigenvalue weighted by molar-refractivity contribution is 5.94. The van der Waals surface area contributed by atoms with Crippen LogP contribution in [0.5, 0.6) is 11.5 Å². The minimum Gasteiger partial charge on any atom is -0.508 e. The number of rotatable bonds is 16. The first-order valence-electron chi connectivity index (χ1n) is 13.6. The van der Waals surface area contributed by atoms with Crippen molar-refractivity contribution in [3.63, 3.8) is 0 Å². The van der Waals surface area contributed by atoms with Gasteiger partial charge < -0.3 is 42.7 Å². The molecule has 0 aliphatic heterocycles. The Kier molecular flexibility index (Phi) is 13.0. The van der Waals surface area contributed by atoms with Gasteiger partial charge in [0, 0.05) is 6.42 Å². The van der Waals surface area contributed by atoms with Crippen LogP contribution in [0.25, 0.3) is 0 Å². The van der Waals surface area contributed by atoms with E-state index in [1.54, 1.807) is 38.1 Å². The topological polar surface area (TPSA) is 217 Å². The monoisotopic (exact) mass is 571 g/mol. The van der Waals surface area contributed by atoms with Gasteiger partial charge in [-0.25, -0.2) is 4.79 Å². The molecule has 12 heteroatoms. The molecule has 0 aliphatic carbocycles. The number of phenolic OH excluding ortho intramolecular Hbond substituents is 2. The summed E-state index contributed by atoms with van der Waals surface area (Å²) in [4.78, 5) is 51.3. The third-order valence-corrected chi connectivity index (χ3v) is 6.55. The molecule has 0 saturated carbocycles. The van der Waals surface area contributed by atoms with Crippen LogP contribution in [0.15, 0.2) is 48.5 Å². The highest BCUT2D eigenvalue weighted by Crippen LogP contribution is 2.14. The van der Waals surface area contributed by atoms with Crippen LogP contribution < -0.4 is 27.4 Å². The van der Waals surface area contributed by atoms with Crippen molar-refractivity contribution in [3.05, 3.63) is 59.7 Å². The van der Waals surface area contributed by atoms with Crippen LogP contribution in [0.1, 0.15) is 44.2 Å². The molecular weight excluding hydrogens is 530 g/mol. The fraction of sp³-hybridized carbons (Fsp3) is 0.448. The minimum absolute atomic E-state index is 0.0319. The van der Waals surface area contributed by atoms with E-state index in [1.807, 2.05) is 0 Å². The van der Waals surface area contributed by atoms with Crippen LogP contribution in [-0.4, -0.2) is 69.7 Å². The van der Waals surface area contributed by atoms with Crippen LogP contribution in [-0.2, 0) is 32.0 Å². The first kappa shape index (κ1) is 33.0. The van der Waals surface area contributed by atoms with E-state index < -0.39 is 53.8 Å². The molecule has 2 aromatic carbocycles. The van der Waals surface area contributed by atoms with E-state index >= 15 is 0 Å². The number of carbonyl (C=O) groups is 4. The Hall–Kier alpha value is -4.16. The number of amides is 3. The average Bonchev–Trinajstić information content (AvgIpc) is 2.92. The lowest BCUT2D eigenvalue weighted by Gasteiger charge is -2.26. The van der Waals surface area contributed by atoms with Gasteiger partial charge in [-0.2, -0.15) is 0 Å². The Labute approximate surface area is 239 Å². The Morgan fingerprint density at radius 1 is 0.732 bits per heavy atom. The SMILES string of the molecule is CC(C)C(NC(=O)C(CCCCN)NC(=O)C(Cc1ccc(O)cc1)NC(=O)C(N)Cc1ccc(O)cc1)C(=O)O. The smallest absolute Gasteiger partial charge is 0.326 e. The van der Waals surface area contributed by atoms with E-state index in [4.69, 9.17) is 11.5 Å². The number of carbonyl (C=O) groups excluding carboxylic acids is 3. The number of phenols is 2. The Bertz CT molecular complexity index is 1160. The number of aliphatic carboxylic acids is 1. The van der Waals surface area contributed by atoms with Gasteiger partial charge in [-0.1, -0.05) is 38.1 Å². The maximum atomic E-state index is 13.5. The molecule has 4 atom stereocenters. The van der Waals surface area contributed by atoms with Gasteiger partial charge in [-0.15, -0.1) is 0 Å². The summed E-state index contributed by atoms with van der Waals surface area (Å²) in [5.41, 5.74) is 13.0. The minimum atomic E-state index is -1.19. The van der Waals surface area contributed by atoms with Crippen molar-refractivity contribution < 1.29 is 34.5 Å². The highest BCUT2D eigenvalue weighted by atomic mass is 16.4. The first-order valence-corrected chi connectivity index (χ1v) is 13.6. The van der Waals surface area contributed by atoms with E-state index in [0.29, 0.717) is 30.5 Å². The van der Waals surface area contributed by atoms with Crippen LogP contribution in [0.4, 0.5) is 0 Å². The lowest BCUT2D eigenvalue weighted by Crippen LogP contribution is -2.58. The second-order valence-corrected chi connectivity index (χ2v) is 10.3. The first-order chi connectivity index (χ1) is 19.4. The van der Waals surface area contributed by atoms with Crippen molar-refractivity contribution in [1.82, 2.24) is 16.0 Å². The largest absolute Gasteiger partial charge is 0.508 e. The molecule has 0 radical (unpaired) electrons. The van der Waals surface area contributed by atoms with Gasteiger partial charge in [-0.05, 0) is 73.5 Å². The number of nitrogens with two attached hydrogens (primary N) is 2. The summed E-state index contributed by atoms with van der Waals surface area (Å²) in [6, 6.07) is 7.95. The number of benzene rings is 2. The predicted octanol–water partition coefficient (Wildman–Crippen LogP) is 0.534. The molecule has 0 spiro atoms. The number of nitrogens with one attached hydrogen (secondary N) is 3. The molecular formula is C29H41N5O7. The van der Waals surface area contributed by atoms with Gasteiger partial charge >= 0.3 is 5.97 Å². The summed E-state index contributed by atoms with van der Waals surface area (Å²) in [5, 5.41) is 36.5. The molecule has 2 rings (SSSR count). The van der Waals surface area contributed by atoms with Crippen molar-refractivity contribution in [3.8, 4) is 11.5 Å². The van der Waals surface area contributed by atoms with Crippen LogP contribution in [0.2, 0.25) is 0 Å². The van der Waals surface area contributed by atoms with Gasteiger partial charge in [0.15, 0.2) is 0 Å². The number of unbranched alkanes of at least 4 members (excludes halogenated alkanes) is 1. The quantitative estimate of drug-likeness (QED) is 0.132. The summed E-state index contributed by atoms with van der Waals surface area (Å²) < 4.78 is 0. The number of carboxylic acid groups (broad SMARTS) is 1. The molecule has 224 valence electrons. The normalized spacial score (nSPS) is 14.0. The zero-order valence-electron chi connectivity index (χ0n) is 23.4. The molecule has 0 bridgehead atoms. The standard InChI is InChI=1S/C29H41N5O7/c1-17(2)25(29(40)41)34-27(38)23(5-3-4-14-30)32-28(39)24(16-19-8-12-21(36)13-9-19)33-26(37)22(31)15-18-6-10-20(35)11-7-18/h6-13,17,22-25,35-36H,3-5,14-16,30-31H2,1-2H3,(H,32,39)(H,33,37)(H,34,38)(H,40,41). The molecule has 41 heavy (non-hydrogen) atoms. The molecule has 3 amide bonds. The van der Waals surface area contributed by atoms with Crippen LogP contribution >= 0.6 is 0 Å². The maximum Gasteiger partial charge on any atom is 0.326 e. The van der Waals surface area contributed by atoms with Gasteiger partial charge in [0.1, 0.15) is 29.6 Å². The summed E-state index contributed by atoms with van der Waals surface area (Å²) >= 11 is 0. The number of aromatic hydroxyl groups is 2. The van der Waals surface area contributed by atoms with Crippen molar-refractivity contribution >= 4 is 23.7 Å². The molecule has 12 nitrogen and oxygen atoms in total.